The number of carbonyl (C=O) groups excluding carboxylic acids is 1. The van der Waals surface area contributed by atoms with Crippen LogP contribution in [0.3, 0.4) is 0 Å². The van der Waals surface area contributed by atoms with Crippen LogP contribution in [0.4, 0.5) is 15.8 Å². The zero-order chi connectivity index (χ0) is 18.8. The van der Waals surface area contributed by atoms with E-state index in [4.69, 9.17) is 11.6 Å². The molecule has 1 aromatic heterocycles. The molecule has 0 atom stereocenters. The minimum Gasteiger partial charge on any atom is -0.372 e. The smallest absolute Gasteiger partial charge is 0.258 e. The summed E-state index contributed by atoms with van der Waals surface area (Å²) in [7, 11) is 0. The van der Waals surface area contributed by atoms with E-state index in [1.807, 2.05) is 24.3 Å². The number of hydrogen-bond donors (Lipinski definition) is 1. The van der Waals surface area contributed by atoms with Crippen molar-refractivity contribution in [3.63, 3.8) is 0 Å². The zero-order valence-electron chi connectivity index (χ0n) is 14.7. The van der Waals surface area contributed by atoms with E-state index in [1.165, 1.54) is 37.1 Å². The fourth-order valence-corrected chi connectivity index (χ4v) is 3.61. The summed E-state index contributed by atoms with van der Waals surface area (Å²) in [5, 5.41) is 3.56. The fraction of sp³-hybridized carbons (Fsp3) is 0.238. The van der Waals surface area contributed by atoms with Crippen LogP contribution in [0.1, 0.15) is 29.6 Å². The van der Waals surface area contributed by atoms with E-state index in [2.05, 4.69) is 15.2 Å². The molecule has 1 aliphatic heterocycles. The Bertz CT molecular complexity index is 985. The molecule has 0 bridgehead atoms. The Morgan fingerprint density at radius 1 is 1.04 bits per heavy atom. The van der Waals surface area contributed by atoms with E-state index < -0.39 is 5.82 Å². The first-order valence-electron chi connectivity index (χ1n) is 9.02. The largest absolute Gasteiger partial charge is 0.372 e. The van der Waals surface area contributed by atoms with Gasteiger partial charge in [-0.25, -0.2) is 9.37 Å². The monoisotopic (exact) mass is 383 g/mol. The molecule has 4 rings (SSSR count). The SMILES string of the molecule is O=C(Nc1ccc(N2CCCCC2)cc1)c1cc2ccc(F)cc2nc1Cl. The van der Waals surface area contributed by atoms with Crippen molar-refractivity contribution in [1.82, 2.24) is 4.98 Å². The third-order valence-corrected chi connectivity index (χ3v) is 5.11. The fourth-order valence-electron chi connectivity index (χ4n) is 3.38. The first-order valence-corrected chi connectivity index (χ1v) is 9.40. The molecule has 0 radical (unpaired) electrons. The average molecular weight is 384 g/mol. The van der Waals surface area contributed by atoms with Crippen LogP contribution in [0.2, 0.25) is 5.15 Å². The maximum atomic E-state index is 13.3. The number of nitrogens with zero attached hydrogens (tertiary/aromatic N) is 2. The minimum atomic E-state index is -0.392. The van der Waals surface area contributed by atoms with E-state index >= 15 is 0 Å². The maximum Gasteiger partial charge on any atom is 0.258 e. The number of pyridine rings is 1. The van der Waals surface area contributed by atoms with Crippen molar-refractivity contribution in [3.05, 3.63) is 65.1 Å². The van der Waals surface area contributed by atoms with Gasteiger partial charge in [0.1, 0.15) is 11.0 Å². The van der Waals surface area contributed by atoms with Crippen LogP contribution in [-0.4, -0.2) is 24.0 Å². The number of benzene rings is 2. The number of halogens is 2. The zero-order valence-corrected chi connectivity index (χ0v) is 15.5. The van der Waals surface area contributed by atoms with E-state index in [9.17, 15) is 9.18 Å². The van der Waals surface area contributed by atoms with Crippen molar-refractivity contribution in [2.24, 2.45) is 0 Å². The number of piperidine rings is 1. The Hall–Kier alpha value is -2.66. The van der Waals surface area contributed by atoms with E-state index in [1.54, 1.807) is 12.1 Å². The Balaban J connectivity index is 1.52. The van der Waals surface area contributed by atoms with Crippen molar-refractivity contribution in [1.29, 1.82) is 0 Å². The lowest BCUT2D eigenvalue weighted by Gasteiger charge is -2.28. The molecule has 2 heterocycles. The van der Waals surface area contributed by atoms with Crippen molar-refractivity contribution in [2.45, 2.75) is 19.3 Å². The minimum absolute atomic E-state index is 0.0514. The molecule has 2 aromatic carbocycles. The lowest BCUT2D eigenvalue weighted by atomic mass is 10.1. The van der Waals surface area contributed by atoms with Crippen molar-refractivity contribution in [2.75, 3.05) is 23.3 Å². The summed E-state index contributed by atoms with van der Waals surface area (Å²) >= 11 is 6.14. The van der Waals surface area contributed by atoms with Crippen molar-refractivity contribution >= 4 is 39.8 Å². The Morgan fingerprint density at radius 3 is 2.52 bits per heavy atom. The summed E-state index contributed by atoms with van der Waals surface area (Å²) in [5.41, 5.74) is 2.54. The molecule has 0 unspecified atom stereocenters. The number of anilines is 2. The second-order valence-electron chi connectivity index (χ2n) is 6.71. The molecule has 4 nitrogen and oxygen atoms in total. The molecule has 138 valence electrons. The predicted octanol–water partition coefficient (Wildman–Crippen LogP) is 5.27. The van der Waals surface area contributed by atoms with E-state index in [-0.39, 0.29) is 16.6 Å². The number of nitrogens with one attached hydrogen (secondary N) is 1. The van der Waals surface area contributed by atoms with Gasteiger partial charge < -0.3 is 10.2 Å². The van der Waals surface area contributed by atoms with Gasteiger partial charge in [0, 0.05) is 35.9 Å². The lowest BCUT2D eigenvalue weighted by Crippen LogP contribution is -2.29. The number of fused-ring (bicyclic) bond motifs is 1. The molecular weight excluding hydrogens is 365 g/mol. The Kier molecular flexibility index (Phi) is 4.94. The van der Waals surface area contributed by atoms with Crippen LogP contribution >= 0.6 is 11.6 Å². The van der Waals surface area contributed by atoms with Crippen molar-refractivity contribution in [3.8, 4) is 0 Å². The molecule has 6 heteroatoms. The molecule has 0 saturated carbocycles. The number of hydrogen-bond acceptors (Lipinski definition) is 3. The van der Waals surface area contributed by atoms with Gasteiger partial charge in [-0.2, -0.15) is 0 Å². The third-order valence-electron chi connectivity index (χ3n) is 4.82. The average Bonchev–Trinajstić information content (AvgIpc) is 2.68. The highest BCUT2D eigenvalue weighted by molar-refractivity contribution is 6.33. The van der Waals surface area contributed by atoms with Gasteiger partial charge in [-0.05, 0) is 61.7 Å². The van der Waals surface area contributed by atoms with Gasteiger partial charge in [0.2, 0.25) is 0 Å². The van der Waals surface area contributed by atoms with Gasteiger partial charge in [-0.1, -0.05) is 11.6 Å². The van der Waals surface area contributed by atoms with Gasteiger partial charge in [0.25, 0.3) is 5.91 Å². The normalized spacial score (nSPS) is 14.4. The molecule has 1 N–H and O–H groups in total. The van der Waals surface area contributed by atoms with Crippen LogP contribution in [0.15, 0.2) is 48.5 Å². The summed E-state index contributed by atoms with van der Waals surface area (Å²) in [4.78, 5) is 19.1. The molecule has 1 amide bonds. The predicted molar refractivity (Wildman–Crippen MR) is 107 cm³/mol. The molecular formula is C21H19ClFN3O. The molecule has 27 heavy (non-hydrogen) atoms. The third kappa shape index (κ3) is 3.88. The standard InChI is InChI=1S/C21H19ClFN3O/c22-20-18(12-14-4-5-15(23)13-19(14)25-20)21(27)24-16-6-8-17(9-7-16)26-10-2-1-3-11-26/h4-9,12-13H,1-3,10-11H2,(H,24,27). The molecule has 3 aromatic rings. The van der Waals surface area contributed by atoms with E-state index in [0.717, 1.165) is 13.1 Å². The summed E-state index contributed by atoms with van der Waals surface area (Å²) in [6.07, 6.45) is 3.73. The van der Waals surface area contributed by atoms with Gasteiger partial charge in [0.05, 0.1) is 11.1 Å². The summed E-state index contributed by atoms with van der Waals surface area (Å²) in [6, 6.07) is 13.6. The van der Waals surface area contributed by atoms with Gasteiger partial charge in [-0.15, -0.1) is 0 Å². The molecule has 0 spiro atoms. The molecule has 1 aliphatic rings. The highest BCUT2D eigenvalue weighted by Crippen LogP contribution is 2.24. The quantitative estimate of drug-likeness (QED) is 0.626. The van der Waals surface area contributed by atoms with Crippen LogP contribution in [0, 0.1) is 5.82 Å². The summed E-state index contributed by atoms with van der Waals surface area (Å²) in [6.45, 7) is 2.15. The summed E-state index contributed by atoms with van der Waals surface area (Å²) in [5.74, 6) is -0.735. The van der Waals surface area contributed by atoms with E-state index in [0.29, 0.717) is 16.6 Å². The molecule has 1 fully saturated rings. The van der Waals surface area contributed by atoms with Crippen LogP contribution in [0.5, 0.6) is 0 Å². The van der Waals surface area contributed by atoms with Crippen LogP contribution < -0.4 is 10.2 Å². The Morgan fingerprint density at radius 2 is 1.78 bits per heavy atom. The maximum absolute atomic E-state index is 13.3. The second-order valence-corrected chi connectivity index (χ2v) is 7.07. The summed E-state index contributed by atoms with van der Waals surface area (Å²) < 4.78 is 13.3. The van der Waals surface area contributed by atoms with Gasteiger partial charge in [-0.3, -0.25) is 4.79 Å². The first kappa shape index (κ1) is 17.7. The number of aromatic nitrogens is 1. The Labute approximate surface area is 162 Å². The van der Waals surface area contributed by atoms with Gasteiger partial charge >= 0.3 is 0 Å². The van der Waals surface area contributed by atoms with Crippen LogP contribution in [0.25, 0.3) is 10.9 Å². The molecule has 1 saturated heterocycles. The van der Waals surface area contributed by atoms with Crippen molar-refractivity contribution < 1.29 is 9.18 Å². The topological polar surface area (TPSA) is 45.2 Å². The number of rotatable bonds is 3. The lowest BCUT2D eigenvalue weighted by molar-refractivity contribution is 0.102. The highest BCUT2D eigenvalue weighted by Gasteiger charge is 2.15. The number of amides is 1. The first-order chi connectivity index (χ1) is 13.1. The molecule has 0 aliphatic carbocycles. The van der Waals surface area contributed by atoms with Gasteiger partial charge in [0.15, 0.2) is 0 Å². The highest BCUT2D eigenvalue weighted by atomic mass is 35.5. The van der Waals surface area contributed by atoms with Crippen LogP contribution in [-0.2, 0) is 0 Å². The number of carbonyl (C=O) groups is 1. The second kappa shape index (κ2) is 7.53.